The predicted octanol–water partition coefficient (Wildman–Crippen LogP) is 1.73. The number of rotatable bonds is 9. The van der Waals surface area contributed by atoms with Crippen molar-refractivity contribution in [2.75, 3.05) is 27.2 Å². The third-order valence-corrected chi connectivity index (χ3v) is 4.25. The number of hydrogen-bond donors (Lipinski definition) is 2. The summed E-state index contributed by atoms with van der Waals surface area (Å²) in [4.78, 5) is 38.8. The molecule has 0 rings (SSSR count). The average molecular weight is 384 g/mol. The van der Waals surface area contributed by atoms with Gasteiger partial charge in [-0.05, 0) is 32.2 Å². The van der Waals surface area contributed by atoms with Gasteiger partial charge in [-0.3, -0.25) is 9.59 Å². The molecule has 0 heterocycles. The third kappa shape index (κ3) is 8.12. The molecule has 0 aromatic rings. The maximum Gasteiger partial charge on any atom is 0.333 e. The highest BCUT2D eigenvalue weighted by Crippen LogP contribution is 2.23. The van der Waals surface area contributed by atoms with Gasteiger partial charge < -0.3 is 20.3 Å². The molecule has 0 aliphatic rings. The Morgan fingerprint density at radius 2 is 1.74 bits per heavy atom. The predicted molar refractivity (Wildman–Crippen MR) is 107 cm³/mol. The van der Waals surface area contributed by atoms with Crippen molar-refractivity contribution in [1.82, 2.24) is 15.5 Å². The van der Waals surface area contributed by atoms with Gasteiger partial charge in [0.1, 0.15) is 6.04 Å². The molecular formula is C20H37N3O4. The molecule has 2 N–H and O–H groups in total. The molecule has 0 fully saturated rings. The minimum absolute atomic E-state index is 0.0805. The molecule has 156 valence electrons. The fourth-order valence-electron chi connectivity index (χ4n) is 2.69. The number of esters is 1. The van der Waals surface area contributed by atoms with Gasteiger partial charge >= 0.3 is 5.97 Å². The van der Waals surface area contributed by atoms with Crippen LogP contribution >= 0.6 is 0 Å². The van der Waals surface area contributed by atoms with Gasteiger partial charge in [0.25, 0.3) is 0 Å². The summed E-state index contributed by atoms with van der Waals surface area (Å²) in [5.41, 5.74) is -0.00220. The van der Waals surface area contributed by atoms with Crippen molar-refractivity contribution >= 4 is 17.8 Å². The van der Waals surface area contributed by atoms with Crippen LogP contribution in [0.25, 0.3) is 0 Å². The van der Waals surface area contributed by atoms with Crippen molar-refractivity contribution in [3.63, 3.8) is 0 Å². The second kappa shape index (κ2) is 11.1. The van der Waals surface area contributed by atoms with Gasteiger partial charge in [0.05, 0.1) is 19.2 Å². The van der Waals surface area contributed by atoms with Crippen LogP contribution in [0, 0.1) is 11.3 Å². The lowest BCUT2D eigenvalue weighted by Gasteiger charge is -2.37. The molecule has 27 heavy (non-hydrogen) atoms. The summed E-state index contributed by atoms with van der Waals surface area (Å²) in [5.74, 6) is -0.743. The van der Waals surface area contributed by atoms with Gasteiger partial charge in [-0.25, -0.2) is 4.79 Å². The Morgan fingerprint density at radius 3 is 2.15 bits per heavy atom. The van der Waals surface area contributed by atoms with E-state index in [-0.39, 0.29) is 30.3 Å². The Morgan fingerprint density at radius 1 is 1.19 bits per heavy atom. The van der Waals surface area contributed by atoms with Crippen molar-refractivity contribution in [3.8, 4) is 0 Å². The first kappa shape index (κ1) is 25.1. The van der Waals surface area contributed by atoms with Crippen LogP contribution in [0.1, 0.15) is 48.5 Å². The van der Waals surface area contributed by atoms with E-state index in [0.717, 1.165) is 0 Å². The van der Waals surface area contributed by atoms with Crippen LogP contribution in [0.5, 0.6) is 0 Å². The van der Waals surface area contributed by atoms with Crippen LogP contribution in [-0.4, -0.2) is 62.0 Å². The molecule has 0 saturated carbocycles. The Kier molecular flexibility index (Phi) is 10.3. The van der Waals surface area contributed by atoms with E-state index >= 15 is 0 Å². The molecule has 0 radical (unpaired) electrons. The second-order valence-corrected chi connectivity index (χ2v) is 8.15. The van der Waals surface area contributed by atoms with E-state index in [1.807, 2.05) is 34.6 Å². The third-order valence-electron chi connectivity index (χ3n) is 4.25. The molecule has 0 aromatic carbocycles. The van der Waals surface area contributed by atoms with E-state index in [1.165, 1.54) is 0 Å². The minimum Gasteiger partial charge on any atom is -0.463 e. The molecule has 0 spiro atoms. The van der Waals surface area contributed by atoms with Crippen molar-refractivity contribution in [2.45, 2.75) is 60.5 Å². The Hall–Kier alpha value is -1.89. The maximum absolute atomic E-state index is 13.2. The van der Waals surface area contributed by atoms with E-state index < -0.39 is 17.4 Å². The average Bonchev–Trinajstić information content (AvgIpc) is 2.55. The minimum atomic E-state index is -0.680. The summed E-state index contributed by atoms with van der Waals surface area (Å²) in [6, 6.07) is -0.978. The van der Waals surface area contributed by atoms with Crippen LogP contribution in [0.2, 0.25) is 0 Å². The lowest BCUT2D eigenvalue weighted by Crippen LogP contribution is -2.57. The lowest BCUT2D eigenvalue weighted by molar-refractivity contribution is -0.140. The standard InChI is InChI=1S/C20H37N3O4/c1-10-27-19(26)14(4)11-15(13(2)3)23(9)18(25)17(20(5,6)7)22-16(24)12-21-8/h11,13,15,17,21H,10,12H2,1-9H3,(H,22,24)/t15-,17-/m1/s1. The highest BCUT2D eigenvalue weighted by Gasteiger charge is 2.36. The van der Waals surface area contributed by atoms with E-state index in [1.54, 1.807) is 38.9 Å². The zero-order valence-corrected chi connectivity index (χ0v) is 18.3. The number of ether oxygens (including phenoxy) is 1. The quantitative estimate of drug-likeness (QED) is 0.468. The largest absolute Gasteiger partial charge is 0.463 e. The summed E-state index contributed by atoms with van der Waals surface area (Å²) >= 11 is 0. The van der Waals surface area contributed by atoms with E-state index in [0.29, 0.717) is 12.2 Å². The number of carbonyl (C=O) groups is 3. The number of amides is 2. The number of nitrogens with zero attached hydrogens (tertiary/aromatic N) is 1. The molecule has 7 heteroatoms. The summed E-state index contributed by atoms with van der Waals surface area (Å²) < 4.78 is 5.03. The summed E-state index contributed by atoms with van der Waals surface area (Å²) in [6.45, 7) is 13.6. The monoisotopic (exact) mass is 383 g/mol. The van der Waals surface area contributed by atoms with Crippen molar-refractivity contribution in [2.24, 2.45) is 11.3 Å². The van der Waals surface area contributed by atoms with Crippen LogP contribution in [0.15, 0.2) is 11.6 Å². The first-order valence-electron chi connectivity index (χ1n) is 9.42. The SMILES string of the molecule is CCOC(=O)C(C)=C[C@H](C(C)C)N(C)C(=O)[C@@H](NC(=O)CNC)C(C)(C)C. The highest BCUT2D eigenvalue weighted by molar-refractivity contribution is 5.90. The lowest BCUT2D eigenvalue weighted by atomic mass is 9.85. The molecule has 0 unspecified atom stereocenters. The van der Waals surface area contributed by atoms with Gasteiger partial charge in [0, 0.05) is 12.6 Å². The van der Waals surface area contributed by atoms with E-state index in [2.05, 4.69) is 10.6 Å². The molecule has 7 nitrogen and oxygen atoms in total. The molecule has 0 aliphatic heterocycles. The number of likely N-dealkylation sites (N-methyl/N-ethyl adjacent to an activating group) is 2. The van der Waals surface area contributed by atoms with Crippen molar-refractivity contribution in [1.29, 1.82) is 0 Å². The van der Waals surface area contributed by atoms with Crippen molar-refractivity contribution in [3.05, 3.63) is 11.6 Å². The van der Waals surface area contributed by atoms with E-state index in [9.17, 15) is 14.4 Å². The summed E-state index contributed by atoms with van der Waals surface area (Å²) in [6.07, 6.45) is 1.76. The highest BCUT2D eigenvalue weighted by atomic mass is 16.5. The Labute approximate surface area is 163 Å². The van der Waals surface area contributed by atoms with Crippen LogP contribution in [-0.2, 0) is 19.1 Å². The van der Waals surface area contributed by atoms with Crippen LogP contribution in [0.4, 0.5) is 0 Å². The molecule has 0 bridgehead atoms. The first-order valence-corrected chi connectivity index (χ1v) is 9.42. The summed E-state index contributed by atoms with van der Waals surface area (Å²) in [7, 11) is 3.38. The smallest absolute Gasteiger partial charge is 0.333 e. The van der Waals surface area contributed by atoms with Crippen LogP contribution < -0.4 is 10.6 Å². The van der Waals surface area contributed by atoms with Gasteiger partial charge in [-0.1, -0.05) is 40.7 Å². The maximum atomic E-state index is 13.2. The summed E-state index contributed by atoms with van der Waals surface area (Å²) in [5, 5.41) is 5.61. The zero-order chi connectivity index (χ0) is 21.4. The molecule has 2 atom stereocenters. The zero-order valence-electron chi connectivity index (χ0n) is 18.3. The van der Waals surface area contributed by atoms with Crippen LogP contribution in [0.3, 0.4) is 0 Å². The first-order chi connectivity index (χ1) is 12.4. The fraction of sp³-hybridized carbons (Fsp3) is 0.750. The molecule has 0 aliphatic carbocycles. The topological polar surface area (TPSA) is 87.7 Å². The Bertz CT molecular complexity index is 550. The van der Waals surface area contributed by atoms with Crippen molar-refractivity contribution < 1.29 is 19.1 Å². The molecule has 0 saturated heterocycles. The molecule has 2 amide bonds. The second-order valence-electron chi connectivity index (χ2n) is 8.15. The van der Waals surface area contributed by atoms with Gasteiger partial charge in [0.2, 0.25) is 11.8 Å². The van der Waals surface area contributed by atoms with E-state index in [4.69, 9.17) is 4.74 Å². The van der Waals surface area contributed by atoms with Gasteiger partial charge in [-0.15, -0.1) is 0 Å². The van der Waals surface area contributed by atoms with Gasteiger partial charge in [0.15, 0.2) is 0 Å². The fourth-order valence-corrected chi connectivity index (χ4v) is 2.69. The number of carbonyl (C=O) groups excluding carboxylic acids is 3. The number of hydrogen-bond acceptors (Lipinski definition) is 5. The van der Waals surface area contributed by atoms with Gasteiger partial charge in [-0.2, -0.15) is 0 Å². The Balaban J connectivity index is 5.63. The molecule has 0 aromatic heterocycles. The normalized spacial score (nSPS) is 14.5. The number of nitrogens with one attached hydrogen (secondary N) is 2. The molecular weight excluding hydrogens is 346 g/mol.